The Labute approximate surface area is 190 Å². The first-order valence-corrected chi connectivity index (χ1v) is 10.7. The van der Waals surface area contributed by atoms with Gasteiger partial charge in [0.15, 0.2) is 5.96 Å². The summed E-state index contributed by atoms with van der Waals surface area (Å²) in [6.45, 7) is 5.98. The Morgan fingerprint density at radius 1 is 1.24 bits per heavy atom. The number of guanidine groups is 1. The molecule has 0 unspecified atom stereocenters. The lowest BCUT2D eigenvalue weighted by molar-refractivity contribution is -0.130. The van der Waals surface area contributed by atoms with Gasteiger partial charge in [-0.3, -0.25) is 9.79 Å². The fourth-order valence-electron chi connectivity index (χ4n) is 3.83. The SMILES string of the molecule is CCNC(=NCC1(c2cccc(F)c2)CC1)NCCCN1CCCCCC1=O.I. The highest BCUT2D eigenvalue weighted by Gasteiger charge is 2.44. The summed E-state index contributed by atoms with van der Waals surface area (Å²) in [4.78, 5) is 18.8. The van der Waals surface area contributed by atoms with Crippen molar-refractivity contribution in [3.8, 4) is 0 Å². The summed E-state index contributed by atoms with van der Waals surface area (Å²) in [5, 5.41) is 6.67. The number of carbonyl (C=O) groups excluding carboxylic acids is 1. The lowest BCUT2D eigenvalue weighted by Gasteiger charge is -2.21. The van der Waals surface area contributed by atoms with Crippen LogP contribution in [0.4, 0.5) is 4.39 Å². The van der Waals surface area contributed by atoms with Gasteiger partial charge in [0.25, 0.3) is 0 Å². The summed E-state index contributed by atoms with van der Waals surface area (Å²) in [7, 11) is 0. The summed E-state index contributed by atoms with van der Waals surface area (Å²) >= 11 is 0. The zero-order chi connectivity index (χ0) is 19.8. The molecule has 1 aromatic rings. The number of carbonyl (C=O) groups is 1. The monoisotopic (exact) mass is 516 g/mol. The highest BCUT2D eigenvalue weighted by atomic mass is 127. The summed E-state index contributed by atoms with van der Waals surface area (Å²) < 4.78 is 13.6. The Morgan fingerprint density at radius 3 is 2.79 bits per heavy atom. The lowest BCUT2D eigenvalue weighted by Crippen LogP contribution is -2.40. The predicted octanol–water partition coefficient (Wildman–Crippen LogP) is 3.82. The normalized spacial score (nSPS) is 18.6. The molecule has 1 amide bonds. The number of nitrogens with zero attached hydrogens (tertiary/aromatic N) is 2. The molecule has 2 N–H and O–H groups in total. The molecular formula is C22H34FIN4O. The number of benzene rings is 1. The standard InChI is InChI=1S/C22H33FN4O.HI/c1-2-24-21(25-13-7-15-27-14-5-3-4-10-20(27)28)26-17-22(11-12-22)18-8-6-9-19(23)16-18;/h6,8-9,16H,2-5,7,10-15,17H2,1H3,(H2,24,25,26);1H. The number of hydrogen-bond acceptors (Lipinski definition) is 2. The molecule has 3 rings (SSSR count). The van der Waals surface area contributed by atoms with Gasteiger partial charge in [-0.1, -0.05) is 18.6 Å². The highest BCUT2D eigenvalue weighted by molar-refractivity contribution is 14.0. The van der Waals surface area contributed by atoms with E-state index in [2.05, 4.69) is 10.6 Å². The van der Waals surface area contributed by atoms with Crippen LogP contribution in [0.3, 0.4) is 0 Å². The van der Waals surface area contributed by atoms with Gasteiger partial charge in [-0.15, -0.1) is 24.0 Å². The molecule has 1 heterocycles. The van der Waals surface area contributed by atoms with Crippen molar-refractivity contribution in [3.05, 3.63) is 35.6 Å². The van der Waals surface area contributed by atoms with Gasteiger partial charge in [0.2, 0.25) is 5.91 Å². The number of amides is 1. The number of hydrogen-bond donors (Lipinski definition) is 2. The molecule has 7 heteroatoms. The molecule has 1 aromatic carbocycles. The maximum Gasteiger partial charge on any atom is 0.222 e. The first-order valence-electron chi connectivity index (χ1n) is 10.7. The summed E-state index contributed by atoms with van der Waals surface area (Å²) in [6.07, 6.45) is 7.01. The average molecular weight is 516 g/mol. The van der Waals surface area contributed by atoms with Gasteiger partial charge in [-0.2, -0.15) is 0 Å². The van der Waals surface area contributed by atoms with Crippen LogP contribution < -0.4 is 10.6 Å². The van der Waals surface area contributed by atoms with Crippen LogP contribution in [-0.2, 0) is 10.2 Å². The molecule has 29 heavy (non-hydrogen) atoms. The van der Waals surface area contributed by atoms with E-state index in [1.165, 1.54) is 6.07 Å². The second kappa shape index (κ2) is 11.7. The van der Waals surface area contributed by atoms with Crippen molar-refractivity contribution in [2.45, 2.75) is 57.3 Å². The lowest BCUT2D eigenvalue weighted by atomic mass is 9.96. The van der Waals surface area contributed by atoms with Crippen LogP contribution in [0.2, 0.25) is 0 Å². The Hall–Kier alpha value is -1.38. The summed E-state index contributed by atoms with van der Waals surface area (Å²) in [5.41, 5.74) is 1.04. The molecule has 2 aliphatic rings. The van der Waals surface area contributed by atoms with Crippen LogP contribution in [0.25, 0.3) is 0 Å². The Balaban J connectivity index is 0.00000300. The second-order valence-corrected chi connectivity index (χ2v) is 7.96. The molecule has 5 nitrogen and oxygen atoms in total. The van der Waals surface area contributed by atoms with E-state index in [1.54, 1.807) is 12.1 Å². The van der Waals surface area contributed by atoms with Crippen molar-refractivity contribution < 1.29 is 9.18 Å². The smallest absolute Gasteiger partial charge is 0.222 e. The number of likely N-dealkylation sites (tertiary alicyclic amines) is 1. The fraction of sp³-hybridized carbons (Fsp3) is 0.636. The van der Waals surface area contributed by atoms with Crippen molar-refractivity contribution in [1.29, 1.82) is 0 Å². The van der Waals surface area contributed by atoms with Gasteiger partial charge in [-0.05, 0) is 56.7 Å². The third kappa shape index (κ3) is 7.12. The predicted molar refractivity (Wildman–Crippen MR) is 126 cm³/mol. The van der Waals surface area contributed by atoms with Crippen LogP contribution in [0.15, 0.2) is 29.3 Å². The van der Waals surface area contributed by atoms with E-state index >= 15 is 0 Å². The maximum absolute atomic E-state index is 13.6. The van der Waals surface area contributed by atoms with Crippen LogP contribution in [0.5, 0.6) is 0 Å². The van der Waals surface area contributed by atoms with Gasteiger partial charge in [0.05, 0.1) is 6.54 Å². The van der Waals surface area contributed by atoms with Crippen molar-refractivity contribution in [2.75, 3.05) is 32.7 Å². The van der Waals surface area contributed by atoms with Gasteiger partial charge < -0.3 is 15.5 Å². The molecule has 0 aromatic heterocycles. The molecule has 0 bridgehead atoms. The topological polar surface area (TPSA) is 56.7 Å². The van der Waals surface area contributed by atoms with E-state index < -0.39 is 0 Å². The molecule has 1 aliphatic heterocycles. The minimum absolute atomic E-state index is 0. The quantitative estimate of drug-likeness (QED) is 0.239. The molecule has 1 saturated heterocycles. The molecule has 1 saturated carbocycles. The molecule has 0 radical (unpaired) electrons. The van der Waals surface area contributed by atoms with Gasteiger partial charge in [0, 0.05) is 38.0 Å². The Bertz CT molecular complexity index is 693. The molecule has 162 valence electrons. The number of halogens is 2. The van der Waals surface area contributed by atoms with Crippen LogP contribution in [0, 0.1) is 5.82 Å². The van der Waals surface area contributed by atoms with Gasteiger partial charge in [0.1, 0.15) is 5.82 Å². The van der Waals surface area contributed by atoms with Crippen LogP contribution in [-0.4, -0.2) is 49.5 Å². The number of rotatable bonds is 8. The van der Waals surface area contributed by atoms with E-state index in [4.69, 9.17) is 4.99 Å². The minimum atomic E-state index is -0.180. The first-order chi connectivity index (χ1) is 13.6. The van der Waals surface area contributed by atoms with Crippen molar-refractivity contribution >= 4 is 35.8 Å². The van der Waals surface area contributed by atoms with Crippen LogP contribution >= 0.6 is 24.0 Å². The fourth-order valence-corrected chi connectivity index (χ4v) is 3.83. The minimum Gasteiger partial charge on any atom is -0.357 e. The van der Waals surface area contributed by atoms with Crippen molar-refractivity contribution in [2.24, 2.45) is 4.99 Å². The van der Waals surface area contributed by atoms with E-state index in [9.17, 15) is 9.18 Å². The molecule has 2 fully saturated rings. The number of nitrogens with one attached hydrogen (secondary N) is 2. The van der Waals surface area contributed by atoms with E-state index in [0.717, 1.165) is 76.2 Å². The van der Waals surface area contributed by atoms with E-state index in [1.807, 2.05) is 17.9 Å². The van der Waals surface area contributed by atoms with E-state index in [0.29, 0.717) is 18.9 Å². The van der Waals surface area contributed by atoms with Crippen molar-refractivity contribution in [1.82, 2.24) is 15.5 Å². The Morgan fingerprint density at radius 2 is 2.07 bits per heavy atom. The molecule has 0 spiro atoms. The maximum atomic E-state index is 13.6. The molecule has 1 aliphatic carbocycles. The zero-order valence-corrected chi connectivity index (χ0v) is 19.7. The van der Waals surface area contributed by atoms with Gasteiger partial charge in [-0.25, -0.2) is 4.39 Å². The van der Waals surface area contributed by atoms with E-state index in [-0.39, 0.29) is 35.2 Å². The van der Waals surface area contributed by atoms with Gasteiger partial charge >= 0.3 is 0 Å². The number of aliphatic imine (C=N–C) groups is 1. The molecule has 0 atom stereocenters. The molecular weight excluding hydrogens is 482 g/mol. The third-order valence-corrected chi connectivity index (χ3v) is 5.74. The Kier molecular flexibility index (Phi) is 9.65. The zero-order valence-electron chi connectivity index (χ0n) is 17.4. The van der Waals surface area contributed by atoms with Crippen molar-refractivity contribution in [3.63, 3.8) is 0 Å². The first kappa shape index (κ1) is 23.9. The summed E-state index contributed by atoms with van der Waals surface area (Å²) in [6, 6.07) is 6.91. The van der Waals surface area contributed by atoms with Crippen LogP contribution in [0.1, 0.15) is 57.4 Å². The largest absolute Gasteiger partial charge is 0.357 e. The average Bonchev–Trinajstić information content (AvgIpc) is 3.50. The third-order valence-electron chi connectivity index (χ3n) is 5.74. The second-order valence-electron chi connectivity index (χ2n) is 7.96. The summed E-state index contributed by atoms with van der Waals surface area (Å²) in [5.74, 6) is 0.914. The highest BCUT2D eigenvalue weighted by Crippen LogP contribution is 2.48.